The van der Waals surface area contributed by atoms with Crippen LogP contribution in [0.4, 0.5) is 4.79 Å². The molecule has 110 valence electrons. The smallest absolute Gasteiger partial charge is 0.321 e. The van der Waals surface area contributed by atoms with Gasteiger partial charge in [-0.25, -0.2) is 4.79 Å². The van der Waals surface area contributed by atoms with E-state index >= 15 is 0 Å². The molecule has 1 rings (SSSR count). The van der Waals surface area contributed by atoms with Crippen molar-refractivity contribution in [1.29, 1.82) is 0 Å². The van der Waals surface area contributed by atoms with Crippen molar-refractivity contribution < 1.29 is 9.59 Å². The number of imide groups is 1. The molecule has 0 fully saturated rings. The third-order valence-corrected chi connectivity index (χ3v) is 3.09. The van der Waals surface area contributed by atoms with E-state index in [4.69, 9.17) is 11.6 Å². The van der Waals surface area contributed by atoms with Gasteiger partial charge in [-0.05, 0) is 38.5 Å². The first-order valence-electron chi connectivity index (χ1n) is 6.54. The summed E-state index contributed by atoms with van der Waals surface area (Å²) in [5, 5.41) is 8.58. The Morgan fingerprint density at radius 3 is 2.35 bits per heavy atom. The third-order valence-electron chi connectivity index (χ3n) is 2.84. The molecule has 0 radical (unpaired) electrons. The van der Waals surface area contributed by atoms with E-state index in [1.165, 1.54) is 0 Å². The van der Waals surface area contributed by atoms with E-state index in [0.717, 1.165) is 5.56 Å². The van der Waals surface area contributed by atoms with Crippen LogP contribution in [-0.2, 0) is 4.79 Å². The van der Waals surface area contributed by atoms with Gasteiger partial charge >= 0.3 is 6.03 Å². The Kier molecular flexibility index (Phi) is 6.48. The van der Waals surface area contributed by atoms with Crippen LogP contribution >= 0.6 is 11.6 Å². The van der Waals surface area contributed by atoms with Crippen LogP contribution in [0.15, 0.2) is 24.3 Å². The summed E-state index contributed by atoms with van der Waals surface area (Å²) in [4.78, 5) is 23.1. The zero-order valence-electron chi connectivity index (χ0n) is 11.9. The molecule has 0 bridgehead atoms. The SMILES string of the molecule is CCNC(=O)NC(=O)C(C)NC(C)c1ccc(Cl)cc1. The molecule has 0 aliphatic carbocycles. The highest BCUT2D eigenvalue weighted by molar-refractivity contribution is 6.30. The van der Waals surface area contributed by atoms with E-state index in [1.54, 1.807) is 26.0 Å². The van der Waals surface area contributed by atoms with Crippen LogP contribution < -0.4 is 16.0 Å². The average molecular weight is 298 g/mol. The van der Waals surface area contributed by atoms with Crippen molar-refractivity contribution in [3.63, 3.8) is 0 Å². The van der Waals surface area contributed by atoms with Gasteiger partial charge < -0.3 is 5.32 Å². The highest BCUT2D eigenvalue weighted by Crippen LogP contribution is 2.16. The molecule has 3 amide bonds. The number of urea groups is 1. The van der Waals surface area contributed by atoms with Crippen LogP contribution in [0, 0.1) is 0 Å². The number of carbonyl (C=O) groups is 2. The number of rotatable bonds is 5. The molecule has 0 aromatic heterocycles. The third kappa shape index (κ3) is 5.19. The number of nitrogens with one attached hydrogen (secondary N) is 3. The summed E-state index contributed by atoms with van der Waals surface area (Å²) in [6, 6.07) is 6.40. The van der Waals surface area contributed by atoms with Crippen molar-refractivity contribution in [1.82, 2.24) is 16.0 Å². The Balaban J connectivity index is 2.52. The molecule has 0 heterocycles. The Bertz CT molecular complexity index is 462. The van der Waals surface area contributed by atoms with Gasteiger partial charge in [0.2, 0.25) is 5.91 Å². The molecule has 3 N–H and O–H groups in total. The first-order chi connectivity index (χ1) is 9.43. The lowest BCUT2D eigenvalue weighted by atomic mass is 10.1. The molecule has 0 spiro atoms. The average Bonchev–Trinajstić information content (AvgIpc) is 2.39. The molecule has 2 atom stereocenters. The zero-order valence-corrected chi connectivity index (χ0v) is 12.6. The van der Waals surface area contributed by atoms with Gasteiger partial charge in [0.05, 0.1) is 6.04 Å². The van der Waals surface area contributed by atoms with Crippen molar-refractivity contribution in [2.45, 2.75) is 32.9 Å². The maximum Gasteiger partial charge on any atom is 0.321 e. The predicted molar refractivity (Wildman–Crippen MR) is 79.7 cm³/mol. The van der Waals surface area contributed by atoms with Gasteiger partial charge in [-0.15, -0.1) is 0 Å². The second kappa shape index (κ2) is 7.87. The summed E-state index contributed by atoms with van der Waals surface area (Å²) in [7, 11) is 0. The first-order valence-corrected chi connectivity index (χ1v) is 6.92. The fourth-order valence-electron chi connectivity index (χ4n) is 1.72. The van der Waals surface area contributed by atoms with Gasteiger partial charge in [-0.2, -0.15) is 0 Å². The van der Waals surface area contributed by atoms with Crippen molar-refractivity contribution in [2.24, 2.45) is 0 Å². The molecule has 5 nitrogen and oxygen atoms in total. The minimum absolute atomic E-state index is 0.0257. The van der Waals surface area contributed by atoms with Crippen LogP contribution in [0.25, 0.3) is 0 Å². The van der Waals surface area contributed by atoms with Gasteiger partial charge in [0.1, 0.15) is 0 Å². The monoisotopic (exact) mass is 297 g/mol. The molecule has 1 aromatic rings. The van der Waals surface area contributed by atoms with Crippen molar-refractivity contribution in [2.75, 3.05) is 6.54 Å². The molecule has 0 aliphatic rings. The topological polar surface area (TPSA) is 70.2 Å². The molecular formula is C14H20ClN3O2. The largest absolute Gasteiger partial charge is 0.338 e. The van der Waals surface area contributed by atoms with Crippen LogP contribution in [0.1, 0.15) is 32.4 Å². The van der Waals surface area contributed by atoms with Crippen molar-refractivity contribution in [3.05, 3.63) is 34.9 Å². The highest BCUT2D eigenvalue weighted by Gasteiger charge is 2.17. The minimum atomic E-state index is -0.483. The van der Waals surface area contributed by atoms with E-state index in [2.05, 4.69) is 16.0 Å². The van der Waals surface area contributed by atoms with E-state index in [1.807, 2.05) is 19.1 Å². The molecule has 6 heteroatoms. The number of carbonyl (C=O) groups excluding carboxylic acids is 2. The summed E-state index contributed by atoms with van der Waals surface area (Å²) in [5.41, 5.74) is 1.02. The van der Waals surface area contributed by atoms with Gasteiger partial charge in [-0.1, -0.05) is 23.7 Å². The van der Waals surface area contributed by atoms with Gasteiger partial charge in [-0.3, -0.25) is 15.4 Å². The second-order valence-corrected chi connectivity index (χ2v) is 4.95. The summed E-state index contributed by atoms with van der Waals surface area (Å²) in [6.45, 7) is 5.91. The van der Waals surface area contributed by atoms with Crippen LogP contribution in [0.3, 0.4) is 0 Å². The molecular weight excluding hydrogens is 278 g/mol. The van der Waals surface area contributed by atoms with Crippen molar-refractivity contribution >= 4 is 23.5 Å². The predicted octanol–water partition coefficient (Wildman–Crippen LogP) is 2.22. The number of halogens is 1. The lowest BCUT2D eigenvalue weighted by Gasteiger charge is -2.19. The van der Waals surface area contributed by atoms with E-state index in [-0.39, 0.29) is 11.9 Å². The van der Waals surface area contributed by atoms with Crippen LogP contribution in [0.5, 0.6) is 0 Å². The van der Waals surface area contributed by atoms with Crippen LogP contribution in [-0.4, -0.2) is 24.5 Å². The van der Waals surface area contributed by atoms with Gasteiger partial charge in [0.25, 0.3) is 0 Å². The number of amides is 3. The van der Waals surface area contributed by atoms with E-state index < -0.39 is 12.1 Å². The van der Waals surface area contributed by atoms with Crippen molar-refractivity contribution in [3.8, 4) is 0 Å². The van der Waals surface area contributed by atoms with Gasteiger partial charge in [0, 0.05) is 17.6 Å². The van der Waals surface area contributed by atoms with E-state index in [0.29, 0.717) is 11.6 Å². The number of hydrogen-bond donors (Lipinski definition) is 3. The summed E-state index contributed by atoms with van der Waals surface area (Å²) in [6.07, 6.45) is 0. The second-order valence-electron chi connectivity index (χ2n) is 4.51. The van der Waals surface area contributed by atoms with E-state index in [9.17, 15) is 9.59 Å². The Labute approximate surface area is 124 Å². The standard InChI is InChI=1S/C14H20ClN3O2/c1-4-16-14(20)18-13(19)10(3)17-9(2)11-5-7-12(15)8-6-11/h5-10,17H,4H2,1-3H3,(H2,16,18,19,20). The maximum atomic E-state index is 11.8. The Morgan fingerprint density at radius 1 is 1.20 bits per heavy atom. The number of benzene rings is 1. The molecule has 0 saturated carbocycles. The Morgan fingerprint density at radius 2 is 1.80 bits per heavy atom. The maximum absolute atomic E-state index is 11.8. The minimum Gasteiger partial charge on any atom is -0.338 e. The normalized spacial score (nSPS) is 13.4. The summed E-state index contributed by atoms with van der Waals surface area (Å²) >= 11 is 5.83. The molecule has 0 aliphatic heterocycles. The molecule has 0 saturated heterocycles. The van der Waals surface area contributed by atoms with Crippen LogP contribution in [0.2, 0.25) is 5.02 Å². The highest BCUT2D eigenvalue weighted by atomic mass is 35.5. The summed E-state index contributed by atoms with van der Waals surface area (Å²) in [5.74, 6) is -0.364. The zero-order chi connectivity index (χ0) is 15.1. The number of hydrogen-bond acceptors (Lipinski definition) is 3. The quantitative estimate of drug-likeness (QED) is 0.780. The molecule has 1 aromatic carbocycles. The fourth-order valence-corrected chi connectivity index (χ4v) is 1.85. The summed E-state index contributed by atoms with van der Waals surface area (Å²) < 4.78 is 0. The lowest BCUT2D eigenvalue weighted by molar-refractivity contribution is -0.121. The first kappa shape index (κ1) is 16.5. The Hall–Kier alpha value is -1.59. The lowest BCUT2D eigenvalue weighted by Crippen LogP contribution is -2.48. The fraction of sp³-hybridized carbons (Fsp3) is 0.429. The van der Waals surface area contributed by atoms with Gasteiger partial charge in [0.15, 0.2) is 0 Å². The molecule has 20 heavy (non-hydrogen) atoms. The molecule has 2 unspecified atom stereocenters.